The zero-order valence-electron chi connectivity index (χ0n) is 47.7. The van der Waals surface area contributed by atoms with E-state index in [1.807, 2.05) is 113 Å². The van der Waals surface area contributed by atoms with Gasteiger partial charge in [-0.25, -0.2) is 0 Å². The number of nitro benzene ring substituents is 1. The summed E-state index contributed by atoms with van der Waals surface area (Å²) in [4.78, 5) is 64.6. The summed E-state index contributed by atoms with van der Waals surface area (Å²) in [5.74, 6) is 1.74. The molecule has 0 aliphatic carbocycles. The highest BCUT2D eigenvalue weighted by Crippen LogP contribution is 2.40. The molecule has 6 aromatic carbocycles. The van der Waals surface area contributed by atoms with Gasteiger partial charge in [-0.1, -0.05) is 171 Å². The first-order chi connectivity index (χ1) is 36.9. The van der Waals surface area contributed by atoms with Crippen molar-refractivity contribution in [3.8, 4) is 28.7 Å². The Kier molecular flexibility index (Phi) is 22.6. The van der Waals surface area contributed by atoms with Gasteiger partial charge in [-0.3, -0.25) is 34.3 Å². The van der Waals surface area contributed by atoms with Crippen LogP contribution in [0.5, 0.6) is 28.7 Å². The SMILES string of the molecule is COc1c(Cl)ccc(Cl)c1C(=O)C(C)(C)C.Cc1ccc(Oc2ccc(Cl)c(C(=O)C(C)(C)C)c2)c(Cl)c1.Cc1ccc(Oc2ccc([N+](=O)[O-])c(C(=O)C(C)(C)C)c2)c(Cl)c1.Cc1cnc2c(C(=O)C(C)(C)C)c(Cl)ccc2c1. The summed E-state index contributed by atoms with van der Waals surface area (Å²) >= 11 is 36.6. The molecule has 0 fully saturated rings. The Balaban J connectivity index is 0.000000232. The molecule has 0 amide bonds. The number of aromatic nitrogens is 1. The van der Waals surface area contributed by atoms with Crippen molar-refractivity contribution in [2.75, 3.05) is 7.11 Å². The van der Waals surface area contributed by atoms with Gasteiger partial charge in [0, 0.05) is 44.9 Å². The van der Waals surface area contributed by atoms with Crippen LogP contribution in [-0.2, 0) is 0 Å². The summed E-state index contributed by atoms with van der Waals surface area (Å²) < 4.78 is 16.6. The first kappa shape index (κ1) is 66.5. The molecule has 0 saturated carbocycles. The van der Waals surface area contributed by atoms with Gasteiger partial charge >= 0.3 is 0 Å². The molecule has 1 heterocycles. The number of nitrogens with zero attached hydrogens (tertiary/aromatic N) is 2. The lowest BCUT2D eigenvalue weighted by Gasteiger charge is -2.20. The molecule has 0 radical (unpaired) electrons. The number of nitro groups is 1. The number of hydrogen-bond acceptors (Lipinski definition) is 10. The second-order valence-electron chi connectivity index (χ2n) is 22.9. The van der Waals surface area contributed by atoms with Gasteiger partial charge in [0.05, 0.1) is 64.4 Å². The number of hydrogen-bond donors (Lipinski definition) is 0. The Morgan fingerprint density at radius 3 is 1.34 bits per heavy atom. The summed E-state index contributed by atoms with van der Waals surface area (Å²) in [6.45, 7) is 27.7. The third-order valence-corrected chi connectivity index (χ3v) is 13.5. The van der Waals surface area contributed by atoms with E-state index in [1.54, 1.807) is 81.6 Å². The molecule has 0 atom stereocenters. The normalized spacial score (nSPS) is 11.4. The third-order valence-electron chi connectivity index (χ3n) is 11.6. The van der Waals surface area contributed by atoms with E-state index in [2.05, 4.69) is 4.98 Å². The molecule has 0 unspecified atom stereocenters. The van der Waals surface area contributed by atoms with Crippen LogP contribution in [-0.4, -0.2) is 40.2 Å². The second-order valence-corrected chi connectivity index (χ2v) is 25.4. The average Bonchev–Trinajstić information content (AvgIpc) is 3.37. The van der Waals surface area contributed by atoms with Crippen LogP contribution in [0.2, 0.25) is 30.1 Å². The van der Waals surface area contributed by atoms with Gasteiger partial charge in [0.15, 0.2) is 23.1 Å². The van der Waals surface area contributed by atoms with Crippen molar-refractivity contribution in [3.63, 3.8) is 0 Å². The van der Waals surface area contributed by atoms with Crippen molar-refractivity contribution >= 4 is 109 Å². The fraction of sp³-hybridized carbons (Fsp3) is 0.317. The van der Waals surface area contributed by atoms with Gasteiger partial charge < -0.3 is 14.2 Å². The van der Waals surface area contributed by atoms with Crippen molar-refractivity contribution in [2.45, 2.75) is 104 Å². The fourth-order valence-electron chi connectivity index (χ4n) is 7.30. The Bertz CT molecular complexity index is 3480. The van der Waals surface area contributed by atoms with Crippen LogP contribution in [0.1, 0.15) is 141 Å². The molecule has 0 aliphatic heterocycles. The lowest BCUT2D eigenvalue weighted by atomic mass is 9.85. The smallest absolute Gasteiger partial charge is 0.280 e. The lowest BCUT2D eigenvalue weighted by molar-refractivity contribution is -0.385. The van der Waals surface area contributed by atoms with Crippen LogP contribution in [0, 0.1) is 52.5 Å². The van der Waals surface area contributed by atoms with E-state index in [9.17, 15) is 29.3 Å². The number of pyridine rings is 1. The van der Waals surface area contributed by atoms with E-state index in [0.717, 1.165) is 22.1 Å². The molecule has 424 valence electrons. The number of methoxy groups -OCH3 is 1. The van der Waals surface area contributed by atoms with Crippen LogP contribution in [0.4, 0.5) is 5.69 Å². The van der Waals surface area contributed by atoms with E-state index < -0.39 is 26.6 Å². The number of ether oxygens (including phenoxy) is 3. The van der Waals surface area contributed by atoms with E-state index in [1.165, 1.54) is 25.3 Å². The maximum absolute atomic E-state index is 12.5. The van der Waals surface area contributed by atoms with Crippen LogP contribution < -0.4 is 14.2 Å². The van der Waals surface area contributed by atoms with Gasteiger partial charge in [-0.15, -0.1) is 0 Å². The molecular formula is C63H66Cl6N2O9. The monoisotopic (exact) mass is 1200 g/mol. The number of carbonyl (C=O) groups excluding carboxylic acids is 4. The van der Waals surface area contributed by atoms with Gasteiger partial charge in [-0.2, -0.15) is 0 Å². The van der Waals surface area contributed by atoms with Crippen molar-refractivity contribution < 1.29 is 38.3 Å². The molecule has 0 aliphatic rings. The number of benzene rings is 6. The molecule has 0 bridgehead atoms. The molecule has 17 heteroatoms. The molecule has 1 aromatic heterocycles. The molecule has 7 aromatic rings. The highest BCUT2D eigenvalue weighted by Gasteiger charge is 2.32. The first-order valence-corrected chi connectivity index (χ1v) is 27.4. The van der Waals surface area contributed by atoms with Crippen LogP contribution in [0.3, 0.4) is 0 Å². The Labute approximate surface area is 499 Å². The highest BCUT2D eigenvalue weighted by molar-refractivity contribution is 6.38. The summed E-state index contributed by atoms with van der Waals surface area (Å²) in [7, 11) is 1.47. The quantitative estimate of drug-likeness (QED) is 0.0735. The minimum atomic E-state index is -0.745. The third kappa shape index (κ3) is 17.7. The maximum atomic E-state index is 12.5. The minimum Gasteiger partial charge on any atom is -0.494 e. The molecule has 0 spiro atoms. The molecule has 80 heavy (non-hydrogen) atoms. The largest absolute Gasteiger partial charge is 0.494 e. The van der Waals surface area contributed by atoms with E-state index >= 15 is 0 Å². The molecule has 11 nitrogen and oxygen atoms in total. The van der Waals surface area contributed by atoms with Crippen LogP contribution in [0.25, 0.3) is 10.9 Å². The number of rotatable bonds is 10. The number of aryl methyl sites for hydroxylation is 3. The second kappa shape index (κ2) is 27.1. The zero-order valence-corrected chi connectivity index (χ0v) is 52.3. The maximum Gasteiger partial charge on any atom is 0.280 e. The van der Waals surface area contributed by atoms with Crippen molar-refractivity contribution in [2.24, 2.45) is 21.7 Å². The predicted molar refractivity (Wildman–Crippen MR) is 327 cm³/mol. The fourth-order valence-corrected chi connectivity index (χ4v) is 8.76. The summed E-state index contributed by atoms with van der Waals surface area (Å²) in [6, 6.07) is 28.9. The van der Waals surface area contributed by atoms with Crippen molar-refractivity contribution in [1.82, 2.24) is 4.98 Å². The summed E-state index contributed by atoms with van der Waals surface area (Å²) in [5.41, 5.74) is 2.66. The van der Waals surface area contributed by atoms with Gasteiger partial charge in [0.2, 0.25) is 0 Å². The lowest BCUT2D eigenvalue weighted by Crippen LogP contribution is -2.21. The van der Waals surface area contributed by atoms with Crippen molar-refractivity contribution in [3.05, 3.63) is 189 Å². The molecule has 7 rings (SSSR count). The van der Waals surface area contributed by atoms with Gasteiger partial charge in [0.25, 0.3) is 5.69 Å². The van der Waals surface area contributed by atoms with E-state index in [4.69, 9.17) is 83.8 Å². The number of carbonyl (C=O) groups is 4. The van der Waals surface area contributed by atoms with Crippen LogP contribution >= 0.6 is 69.6 Å². The number of ketones is 4. The van der Waals surface area contributed by atoms with Crippen molar-refractivity contribution in [1.29, 1.82) is 0 Å². The summed E-state index contributed by atoms with van der Waals surface area (Å²) in [6.07, 6.45) is 1.76. The molecular weight excluding hydrogens is 1140 g/mol. The number of halogens is 6. The number of Topliss-reactive ketones (excluding diaryl/α,β-unsaturated/α-hetero) is 4. The zero-order chi connectivity index (χ0) is 60.6. The predicted octanol–water partition coefficient (Wildman–Crippen LogP) is 20.6. The average molecular weight is 1210 g/mol. The highest BCUT2D eigenvalue weighted by atomic mass is 35.5. The molecule has 0 saturated heterocycles. The molecule has 0 N–H and O–H groups in total. The van der Waals surface area contributed by atoms with Gasteiger partial charge in [-0.05, 0) is 116 Å². The topological polar surface area (TPSA) is 152 Å². The standard InChI is InChI=1S/C18H18Cl2O2.C18H18ClNO4.C15H16ClNO.C12H14Cl2O2/c1-11-5-8-16(15(20)9-11)22-12-6-7-14(19)13(10-12)17(21)18(2,3)4;1-11-5-8-16(14(19)9-11)24-12-6-7-15(20(22)23)13(10-12)17(21)18(2,3)4;1-9-7-10-5-6-11(16)12(13(10)17-8-9)14(18)15(2,3)4;1-12(2,3)11(15)9-7(13)5-6-8(14)10(9)16-4/h5-10H,1-4H3;5-10H,1-4H3;5-8H,1-4H3;5-6H,1-4H3. The Morgan fingerprint density at radius 2 is 0.875 bits per heavy atom. The number of fused-ring (bicyclic) bond motifs is 1. The van der Waals surface area contributed by atoms with E-state index in [-0.39, 0.29) is 34.4 Å². The Morgan fingerprint density at radius 1 is 0.463 bits per heavy atom. The first-order valence-electron chi connectivity index (χ1n) is 25.1. The minimum absolute atomic E-state index is 0.0215. The van der Waals surface area contributed by atoms with Crippen LogP contribution in [0.15, 0.2) is 109 Å². The van der Waals surface area contributed by atoms with Gasteiger partial charge in [0.1, 0.15) is 28.7 Å². The van der Waals surface area contributed by atoms with E-state index in [0.29, 0.717) is 81.1 Å². The Hall–Kier alpha value is -6.05. The summed E-state index contributed by atoms with van der Waals surface area (Å²) in [5, 5.41) is 14.8.